The number of aryl methyl sites for hydroxylation is 2. The van der Waals surface area contributed by atoms with Gasteiger partial charge in [-0.3, -0.25) is 4.79 Å². The first-order valence-corrected chi connectivity index (χ1v) is 12.6. The molecule has 2 aromatic carbocycles. The summed E-state index contributed by atoms with van der Waals surface area (Å²) in [7, 11) is 0. The van der Waals surface area contributed by atoms with Crippen molar-refractivity contribution in [3.05, 3.63) is 89.5 Å². The minimum Gasteiger partial charge on any atom is -0.368 e. The van der Waals surface area contributed by atoms with Crippen LogP contribution in [0.3, 0.4) is 0 Å². The molecule has 2 aromatic heterocycles. The van der Waals surface area contributed by atoms with E-state index in [4.69, 9.17) is 0 Å². The lowest BCUT2D eigenvalue weighted by Gasteiger charge is -2.35. The molecule has 0 radical (unpaired) electrons. The average Bonchev–Trinajstić information content (AvgIpc) is 3.31. The van der Waals surface area contributed by atoms with Crippen molar-refractivity contribution in [2.45, 2.75) is 24.8 Å². The van der Waals surface area contributed by atoms with Gasteiger partial charge in [0.1, 0.15) is 0 Å². The van der Waals surface area contributed by atoms with E-state index in [9.17, 15) is 4.79 Å². The molecular weight excluding hydrogens is 458 g/mol. The molecule has 0 aliphatic carbocycles. The summed E-state index contributed by atoms with van der Waals surface area (Å²) in [6.07, 6.45) is 0. The van der Waals surface area contributed by atoms with Crippen molar-refractivity contribution >= 4 is 23.4 Å². The van der Waals surface area contributed by atoms with Crippen molar-refractivity contribution in [2.75, 3.05) is 31.1 Å². The summed E-state index contributed by atoms with van der Waals surface area (Å²) in [6.45, 7) is 6.75. The second-order valence-electron chi connectivity index (χ2n) is 8.47. The smallest absolute Gasteiger partial charge is 0.276 e. The molecular formula is C26H27N7OS. The number of carbonyl (C=O) groups excluding carboxylic acids is 1. The van der Waals surface area contributed by atoms with Crippen LogP contribution in [0.5, 0.6) is 0 Å². The van der Waals surface area contributed by atoms with E-state index in [1.165, 1.54) is 17.4 Å². The lowest BCUT2D eigenvalue weighted by molar-refractivity contribution is 0.0740. The van der Waals surface area contributed by atoms with Gasteiger partial charge in [0.15, 0.2) is 10.9 Å². The molecule has 1 amide bonds. The number of benzene rings is 2. The summed E-state index contributed by atoms with van der Waals surface area (Å²) >= 11 is 1.49. The number of amides is 1. The van der Waals surface area contributed by atoms with Crippen LogP contribution in [0.2, 0.25) is 0 Å². The predicted molar refractivity (Wildman–Crippen MR) is 137 cm³/mol. The molecule has 1 saturated heterocycles. The Morgan fingerprint density at radius 1 is 0.857 bits per heavy atom. The number of hydrogen-bond donors (Lipinski definition) is 0. The predicted octanol–water partition coefficient (Wildman–Crippen LogP) is 3.93. The van der Waals surface area contributed by atoms with Gasteiger partial charge < -0.3 is 9.80 Å². The standard InChI is InChI=1S/C26H27N7OS/c1-19-17-20(2)28-26(27-19)35-18-23-24(29-30-33(23)22-11-7-4-8-12-22)25(34)32-15-13-31(14-16-32)21-9-5-3-6-10-21/h3-12,17H,13-16,18H2,1-2H3. The minimum atomic E-state index is -0.0863. The quantitative estimate of drug-likeness (QED) is 0.302. The van der Waals surface area contributed by atoms with Crippen LogP contribution in [-0.2, 0) is 5.75 Å². The normalized spacial score (nSPS) is 13.8. The Labute approximate surface area is 209 Å². The number of hydrogen-bond acceptors (Lipinski definition) is 7. The van der Waals surface area contributed by atoms with Crippen molar-refractivity contribution in [3.63, 3.8) is 0 Å². The van der Waals surface area contributed by atoms with Gasteiger partial charge in [0.25, 0.3) is 5.91 Å². The molecule has 5 rings (SSSR count). The number of thioether (sulfide) groups is 1. The number of anilines is 1. The maximum absolute atomic E-state index is 13.6. The molecule has 0 unspecified atom stereocenters. The second-order valence-corrected chi connectivity index (χ2v) is 9.41. The Hall–Kier alpha value is -3.72. The van der Waals surface area contributed by atoms with E-state index in [0.717, 1.165) is 35.9 Å². The van der Waals surface area contributed by atoms with Crippen molar-refractivity contribution in [1.29, 1.82) is 0 Å². The summed E-state index contributed by atoms with van der Waals surface area (Å²) in [5, 5.41) is 9.39. The van der Waals surface area contributed by atoms with E-state index in [1.807, 2.05) is 73.3 Å². The summed E-state index contributed by atoms with van der Waals surface area (Å²) in [6, 6.07) is 22.0. The molecule has 4 aromatic rings. The first kappa shape index (κ1) is 23.0. The molecule has 1 aliphatic rings. The lowest BCUT2D eigenvalue weighted by atomic mass is 10.2. The van der Waals surface area contributed by atoms with E-state index < -0.39 is 0 Å². The molecule has 1 fully saturated rings. The number of para-hydroxylation sites is 2. The number of aromatic nitrogens is 5. The van der Waals surface area contributed by atoms with E-state index in [1.54, 1.807) is 4.68 Å². The van der Waals surface area contributed by atoms with Crippen molar-refractivity contribution in [1.82, 2.24) is 29.9 Å². The lowest BCUT2D eigenvalue weighted by Crippen LogP contribution is -2.49. The fraction of sp³-hybridized carbons (Fsp3) is 0.269. The van der Waals surface area contributed by atoms with Gasteiger partial charge in [-0.05, 0) is 44.2 Å². The van der Waals surface area contributed by atoms with Gasteiger partial charge in [0.2, 0.25) is 0 Å². The van der Waals surface area contributed by atoms with Crippen LogP contribution in [0, 0.1) is 13.8 Å². The zero-order valence-electron chi connectivity index (χ0n) is 19.8. The first-order chi connectivity index (χ1) is 17.1. The molecule has 1 aliphatic heterocycles. The topological polar surface area (TPSA) is 80.0 Å². The number of rotatable bonds is 6. The first-order valence-electron chi connectivity index (χ1n) is 11.6. The van der Waals surface area contributed by atoms with Crippen molar-refractivity contribution in [2.24, 2.45) is 0 Å². The van der Waals surface area contributed by atoms with Crippen LogP contribution < -0.4 is 4.90 Å². The summed E-state index contributed by atoms with van der Waals surface area (Å²) in [5.74, 6) is 0.396. The SMILES string of the molecule is Cc1cc(C)nc(SCc2c(C(=O)N3CCN(c4ccccc4)CC3)nnn2-c2ccccc2)n1. The van der Waals surface area contributed by atoms with Crippen LogP contribution in [0.25, 0.3) is 5.69 Å². The highest BCUT2D eigenvalue weighted by atomic mass is 32.2. The average molecular weight is 486 g/mol. The summed E-state index contributed by atoms with van der Waals surface area (Å²) in [4.78, 5) is 26.8. The number of piperazine rings is 1. The Morgan fingerprint density at radius 3 is 2.09 bits per heavy atom. The molecule has 0 N–H and O–H groups in total. The van der Waals surface area contributed by atoms with Crippen molar-refractivity contribution in [3.8, 4) is 5.69 Å². The van der Waals surface area contributed by atoms with Gasteiger partial charge in [-0.2, -0.15) is 0 Å². The highest BCUT2D eigenvalue weighted by Gasteiger charge is 2.28. The van der Waals surface area contributed by atoms with Gasteiger partial charge in [0.05, 0.1) is 11.4 Å². The zero-order chi connectivity index (χ0) is 24.2. The highest BCUT2D eigenvalue weighted by Crippen LogP contribution is 2.25. The largest absolute Gasteiger partial charge is 0.368 e. The fourth-order valence-corrected chi connectivity index (χ4v) is 5.16. The Bertz CT molecular complexity index is 1280. The van der Waals surface area contributed by atoms with Gasteiger partial charge >= 0.3 is 0 Å². The molecule has 0 saturated carbocycles. The highest BCUT2D eigenvalue weighted by molar-refractivity contribution is 7.98. The molecule has 35 heavy (non-hydrogen) atoms. The molecule has 178 valence electrons. The van der Waals surface area contributed by atoms with E-state index in [0.29, 0.717) is 29.7 Å². The fourth-order valence-electron chi connectivity index (χ4n) is 4.22. The second kappa shape index (κ2) is 10.3. The maximum Gasteiger partial charge on any atom is 0.276 e. The van der Waals surface area contributed by atoms with Crippen LogP contribution in [-0.4, -0.2) is 61.9 Å². The van der Waals surface area contributed by atoms with Gasteiger partial charge in [-0.25, -0.2) is 14.6 Å². The van der Waals surface area contributed by atoms with Gasteiger partial charge in [-0.15, -0.1) is 5.10 Å². The Morgan fingerprint density at radius 2 is 1.46 bits per heavy atom. The van der Waals surface area contributed by atoms with E-state index in [2.05, 4.69) is 37.3 Å². The van der Waals surface area contributed by atoms with Crippen LogP contribution in [0.15, 0.2) is 71.9 Å². The third kappa shape index (κ3) is 5.19. The Kier molecular flexibility index (Phi) is 6.76. The van der Waals surface area contributed by atoms with Crippen LogP contribution in [0.1, 0.15) is 27.6 Å². The summed E-state index contributed by atoms with van der Waals surface area (Å²) < 4.78 is 1.75. The third-order valence-electron chi connectivity index (χ3n) is 5.95. The molecule has 8 nitrogen and oxygen atoms in total. The third-order valence-corrected chi connectivity index (χ3v) is 6.81. The van der Waals surface area contributed by atoms with E-state index >= 15 is 0 Å². The molecule has 3 heterocycles. The number of carbonyl (C=O) groups is 1. The van der Waals surface area contributed by atoms with E-state index in [-0.39, 0.29) is 5.91 Å². The molecule has 9 heteroatoms. The molecule has 0 spiro atoms. The molecule has 0 bridgehead atoms. The Balaban J connectivity index is 1.38. The molecule has 0 atom stereocenters. The van der Waals surface area contributed by atoms with Crippen LogP contribution in [0.4, 0.5) is 5.69 Å². The van der Waals surface area contributed by atoms with Crippen molar-refractivity contribution < 1.29 is 4.79 Å². The monoisotopic (exact) mass is 485 g/mol. The summed E-state index contributed by atoms with van der Waals surface area (Å²) in [5.41, 5.74) is 5.02. The zero-order valence-corrected chi connectivity index (χ0v) is 20.6. The van der Waals surface area contributed by atoms with Gasteiger partial charge in [-0.1, -0.05) is 53.4 Å². The van der Waals surface area contributed by atoms with Crippen LogP contribution >= 0.6 is 11.8 Å². The van der Waals surface area contributed by atoms with Gasteiger partial charge in [0, 0.05) is 49.0 Å². The maximum atomic E-state index is 13.6. The number of nitrogens with zero attached hydrogens (tertiary/aromatic N) is 7. The minimum absolute atomic E-state index is 0.0863.